The molecule has 0 aliphatic rings. The second-order valence-electron chi connectivity index (χ2n) is 3.84. The van der Waals surface area contributed by atoms with E-state index in [2.05, 4.69) is 4.98 Å². The molecule has 1 aromatic carbocycles. The van der Waals surface area contributed by atoms with Crippen molar-refractivity contribution in [3.05, 3.63) is 29.5 Å². The third-order valence-electron chi connectivity index (χ3n) is 2.61. The predicted octanol–water partition coefficient (Wildman–Crippen LogP) is 2.55. The number of H-pyrrole nitrogens is 1. The van der Waals surface area contributed by atoms with Gasteiger partial charge in [0.15, 0.2) is 0 Å². The Hall–Kier alpha value is -1.20. The molecular weight excluding hydrogens is 262 g/mol. The van der Waals surface area contributed by atoms with Crippen LogP contribution in [-0.4, -0.2) is 20.5 Å². The third kappa shape index (κ3) is 2.40. The highest BCUT2D eigenvalue weighted by Gasteiger charge is 2.16. The number of halogens is 1. The molecule has 0 saturated heterocycles. The molecule has 0 saturated carbocycles. The molecule has 4 nitrogen and oxygen atoms in total. The maximum Gasteiger partial charge on any atom is 0.236 e. The van der Waals surface area contributed by atoms with Crippen molar-refractivity contribution >= 4 is 30.6 Å². The van der Waals surface area contributed by atoms with E-state index in [-0.39, 0.29) is 5.75 Å². The van der Waals surface area contributed by atoms with Crippen molar-refractivity contribution in [2.24, 2.45) is 0 Å². The quantitative estimate of drug-likeness (QED) is 0.875. The molecule has 2 rings (SSSR count). The SMILES string of the molecule is COc1c(CS(=O)(=O)Cl)ccc2[nH]cc(C)c12. The highest BCUT2D eigenvalue weighted by atomic mass is 35.7. The molecular formula is C11H12ClNO3S. The first-order valence-electron chi connectivity index (χ1n) is 4.98. The molecule has 2 aromatic rings. The molecule has 0 fully saturated rings. The number of aromatic nitrogens is 1. The summed E-state index contributed by atoms with van der Waals surface area (Å²) >= 11 is 0. The molecule has 1 N–H and O–H groups in total. The summed E-state index contributed by atoms with van der Waals surface area (Å²) in [5, 5.41) is 0.894. The minimum Gasteiger partial charge on any atom is -0.496 e. The van der Waals surface area contributed by atoms with Gasteiger partial charge in [-0.05, 0) is 18.6 Å². The number of methoxy groups -OCH3 is 1. The minimum absolute atomic E-state index is 0.238. The van der Waals surface area contributed by atoms with Crippen LogP contribution >= 0.6 is 10.7 Å². The largest absolute Gasteiger partial charge is 0.496 e. The summed E-state index contributed by atoms with van der Waals surface area (Å²) < 4.78 is 27.6. The smallest absolute Gasteiger partial charge is 0.236 e. The number of aryl methyl sites for hydroxylation is 1. The number of ether oxygens (including phenoxy) is 1. The van der Waals surface area contributed by atoms with E-state index in [0.717, 1.165) is 16.5 Å². The summed E-state index contributed by atoms with van der Waals surface area (Å²) in [5.74, 6) is 0.323. The van der Waals surface area contributed by atoms with Crippen molar-refractivity contribution in [2.75, 3.05) is 7.11 Å². The fourth-order valence-electron chi connectivity index (χ4n) is 1.93. The van der Waals surface area contributed by atoms with Gasteiger partial charge in [-0.25, -0.2) is 8.42 Å². The fraction of sp³-hybridized carbons (Fsp3) is 0.273. The van der Waals surface area contributed by atoms with Crippen LogP contribution in [0.4, 0.5) is 0 Å². The molecule has 0 aliphatic carbocycles. The van der Waals surface area contributed by atoms with Crippen LogP contribution in [0.2, 0.25) is 0 Å². The van der Waals surface area contributed by atoms with Gasteiger partial charge in [0.25, 0.3) is 0 Å². The summed E-state index contributed by atoms with van der Waals surface area (Å²) in [5.41, 5.74) is 2.48. The van der Waals surface area contributed by atoms with Crippen LogP contribution < -0.4 is 4.74 Å². The van der Waals surface area contributed by atoms with Gasteiger partial charge in [-0.15, -0.1) is 0 Å². The second kappa shape index (κ2) is 4.23. The van der Waals surface area contributed by atoms with E-state index in [0.29, 0.717) is 11.3 Å². The standard InChI is InChI=1S/C11H12ClNO3S/c1-7-5-13-9-4-3-8(6-17(12,14)15)11(16-2)10(7)9/h3-5,13H,6H2,1-2H3. The van der Waals surface area contributed by atoms with Gasteiger partial charge in [-0.1, -0.05) is 6.07 Å². The Morgan fingerprint density at radius 2 is 2.12 bits per heavy atom. The van der Waals surface area contributed by atoms with E-state index >= 15 is 0 Å². The zero-order valence-corrected chi connectivity index (χ0v) is 11.0. The fourth-order valence-corrected chi connectivity index (χ4v) is 2.88. The Morgan fingerprint density at radius 1 is 1.41 bits per heavy atom. The first-order chi connectivity index (χ1) is 7.92. The van der Waals surface area contributed by atoms with Gasteiger partial charge in [0.1, 0.15) is 5.75 Å². The van der Waals surface area contributed by atoms with Crippen LogP contribution in [0, 0.1) is 6.92 Å². The van der Waals surface area contributed by atoms with Crippen LogP contribution in [0.5, 0.6) is 5.75 Å². The van der Waals surface area contributed by atoms with Gasteiger partial charge in [0.2, 0.25) is 9.05 Å². The van der Waals surface area contributed by atoms with Gasteiger partial charge in [-0.3, -0.25) is 0 Å². The summed E-state index contributed by atoms with van der Waals surface area (Å²) in [6.45, 7) is 1.93. The van der Waals surface area contributed by atoms with E-state index in [1.54, 1.807) is 6.07 Å². The maximum absolute atomic E-state index is 11.1. The molecule has 0 aliphatic heterocycles. The number of aromatic amines is 1. The number of rotatable bonds is 3. The first kappa shape index (κ1) is 12.3. The summed E-state index contributed by atoms with van der Waals surface area (Å²) in [6.07, 6.45) is 1.85. The Kier molecular flexibility index (Phi) is 3.05. The Bertz CT molecular complexity index is 661. The molecule has 1 aromatic heterocycles. The monoisotopic (exact) mass is 273 g/mol. The maximum atomic E-state index is 11.1. The van der Waals surface area contributed by atoms with Crippen molar-refractivity contribution < 1.29 is 13.2 Å². The van der Waals surface area contributed by atoms with Crippen LogP contribution in [0.3, 0.4) is 0 Å². The number of fused-ring (bicyclic) bond motifs is 1. The van der Waals surface area contributed by atoms with E-state index in [1.807, 2.05) is 19.2 Å². The van der Waals surface area contributed by atoms with E-state index < -0.39 is 9.05 Å². The molecule has 1 heterocycles. The Balaban J connectivity index is 2.68. The molecule has 6 heteroatoms. The molecule has 0 amide bonds. The average molecular weight is 274 g/mol. The number of hydrogen-bond acceptors (Lipinski definition) is 3. The van der Waals surface area contributed by atoms with Crippen molar-refractivity contribution in [1.82, 2.24) is 4.98 Å². The highest BCUT2D eigenvalue weighted by molar-refractivity contribution is 8.13. The summed E-state index contributed by atoms with van der Waals surface area (Å²) in [4.78, 5) is 3.09. The summed E-state index contributed by atoms with van der Waals surface area (Å²) in [7, 11) is 3.20. The normalized spacial score (nSPS) is 11.9. The number of benzene rings is 1. The molecule has 0 radical (unpaired) electrons. The molecule has 0 spiro atoms. The van der Waals surface area contributed by atoms with Gasteiger partial charge in [0, 0.05) is 33.3 Å². The molecule has 0 unspecified atom stereocenters. The van der Waals surface area contributed by atoms with Gasteiger partial charge >= 0.3 is 0 Å². The van der Waals surface area contributed by atoms with Crippen LogP contribution in [0.1, 0.15) is 11.1 Å². The lowest BCUT2D eigenvalue weighted by atomic mass is 10.1. The van der Waals surface area contributed by atoms with Crippen LogP contribution in [-0.2, 0) is 14.8 Å². The van der Waals surface area contributed by atoms with Crippen molar-refractivity contribution in [1.29, 1.82) is 0 Å². The topological polar surface area (TPSA) is 59.2 Å². The van der Waals surface area contributed by atoms with E-state index in [9.17, 15) is 8.42 Å². The van der Waals surface area contributed by atoms with Crippen LogP contribution in [0.25, 0.3) is 10.9 Å². The zero-order valence-electron chi connectivity index (χ0n) is 9.45. The number of nitrogens with one attached hydrogen (secondary N) is 1. The lowest BCUT2D eigenvalue weighted by Gasteiger charge is -2.09. The lowest BCUT2D eigenvalue weighted by molar-refractivity contribution is 0.416. The minimum atomic E-state index is -3.59. The van der Waals surface area contributed by atoms with Gasteiger partial charge in [0.05, 0.1) is 12.9 Å². The van der Waals surface area contributed by atoms with Crippen molar-refractivity contribution in [2.45, 2.75) is 12.7 Å². The number of hydrogen-bond donors (Lipinski definition) is 1. The van der Waals surface area contributed by atoms with E-state index in [1.165, 1.54) is 7.11 Å². The predicted molar refractivity (Wildman–Crippen MR) is 68.1 cm³/mol. The third-order valence-corrected chi connectivity index (χ3v) is 3.59. The van der Waals surface area contributed by atoms with E-state index in [4.69, 9.17) is 15.4 Å². The zero-order chi connectivity index (χ0) is 12.6. The lowest BCUT2D eigenvalue weighted by Crippen LogP contribution is -1.99. The van der Waals surface area contributed by atoms with Crippen molar-refractivity contribution in [3.8, 4) is 5.75 Å². The van der Waals surface area contributed by atoms with Crippen molar-refractivity contribution in [3.63, 3.8) is 0 Å². The second-order valence-corrected chi connectivity index (χ2v) is 6.61. The Labute approximate surface area is 104 Å². The average Bonchev–Trinajstić information content (AvgIpc) is 2.58. The van der Waals surface area contributed by atoms with Crippen LogP contribution in [0.15, 0.2) is 18.3 Å². The highest BCUT2D eigenvalue weighted by Crippen LogP contribution is 2.33. The molecule has 0 atom stereocenters. The first-order valence-corrected chi connectivity index (χ1v) is 7.46. The molecule has 17 heavy (non-hydrogen) atoms. The molecule has 0 bridgehead atoms. The summed E-state index contributed by atoms with van der Waals surface area (Å²) in [6, 6.07) is 3.53. The Morgan fingerprint density at radius 3 is 2.71 bits per heavy atom. The van der Waals surface area contributed by atoms with Gasteiger partial charge in [-0.2, -0.15) is 0 Å². The molecule has 92 valence electrons. The van der Waals surface area contributed by atoms with Gasteiger partial charge < -0.3 is 9.72 Å².